The Bertz CT molecular complexity index is 589. The Morgan fingerprint density at radius 3 is 2.83 bits per heavy atom. The summed E-state index contributed by atoms with van der Waals surface area (Å²) in [5.74, 6) is -0.396. The van der Waals surface area contributed by atoms with E-state index in [1.807, 2.05) is 20.8 Å². The number of halogens is 2. The summed E-state index contributed by atoms with van der Waals surface area (Å²) in [6.45, 7) is 6.75. The maximum Gasteiger partial charge on any atom is 0.410 e. The van der Waals surface area contributed by atoms with Crippen molar-refractivity contribution in [1.82, 2.24) is 4.90 Å². The van der Waals surface area contributed by atoms with E-state index >= 15 is 0 Å². The van der Waals surface area contributed by atoms with E-state index in [0.717, 1.165) is 12.8 Å². The van der Waals surface area contributed by atoms with Crippen molar-refractivity contribution in [2.24, 2.45) is 0 Å². The lowest BCUT2D eigenvalue weighted by molar-refractivity contribution is 0.0206. The number of nitrogens with zero attached hydrogens (tertiary/aromatic N) is 1. The van der Waals surface area contributed by atoms with Crippen LogP contribution in [0.25, 0.3) is 0 Å². The van der Waals surface area contributed by atoms with Gasteiger partial charge in [-0.3, -0.25) is 0 Å². The van der Waals surface area contributed by atoms with Crippen molar-refractivity contribution in [2.75, 3.05) is 24.1 Å². The zero-order chi connectivity index (χ0) is 17.2. The zero-order valence-electron chi connectivity index (χ0n) is 13.7. The van der Waals surface area contributed by atoms with Crippen molar-refractivity contribution in [2.45, 2.75) is 45.3 Å². The van der Waals surface area contributed by atoms with E-state index in [0.29, 0.717) is 28.9 Å². The molecule has 1 aliphatic heterocycles. The van der Waals surface area contributed by atoms with Crippen LogP contribution in [-0.4, -0.2) is 35.7 Å². The Morgan fingerprint density at radius 1 is 1.48 bits per heavy atom. The fraction of sp³-hybridized carbons (Fsp3) is 0.562. The van der Waals surface area contributed by atoms with Gasteiger partial charge in [0.2, 0.25) is 0 Å². The highest BCUT2D eigenvalue weighted by atomic mass is 79.9. The average molecular weight is 388 g/mol. The van der Waals surface area contributed by atoms with Gasteiger partial charge in [0.25, 0.3) is 0 Å². The molecule has 1 atom stereocenters. The second kappa shape index (κ2) is 6.95. The first-order valence-corrected chi connectivity index (χ1v) is 8.44. The van der Waals surface area contributed by atoms with Crippen molar-refractivity contribution < 1.29 is 13.9 Å². The fourth-order valence-electron chi connectivity index (χ4n) is 2.49. The van der Waals surface area contributed by atoms with E-state index in [-0.39, 0.29) is 12.1 Å². The number of nitrogen functional groups attached to an aromatic ring is 1. The summed E-state index contributed by atoms with van der Waals surface area (Å²) >= 11 is 3.16. The molecule has 1 saturated heterocycles. The summed E-state index contributed by atoms with van der Waals surface area (Å²) in [6, 6.07) is 2.95. The van der Waals surface area contributed by atoms with Crippen LogP contribution in [0.15, 0.2) is 16.6 Å². The van der Waals surface area contributed by atoms with E-state index in [1.54, 1.807) is 11.0 Å². The summed E-state index contributed by atoms with van der Waals surface area (Å²) in [6.07, 6.45) is 1.48. The number of hydrogen-bond donors (Lipinski definition) is 2. The zero-order valence-corrected chi connectivity index (χ0v) is 15.2. The largest absolute Gasteiger partial charge is 0.444 e. The molecule has 0 radical (unpaired) electrons. The number of anilines is 2. The van der Waals surface area contributed by atoms with Gasteiger partial charge in [-0.2, -0.15) is 0 Å². The smallest absolute Gasteiger partial charge is 0.410 e. The Morgan fingerprint density at radius 2 is 2.17 bits per heavy atom. The first-order valence-electron chi connectivity index (χ1n) is 7.64. The van der Waals surface area contributed by atoms with Crippen LogP contribution < -0.4 is 11.1 Å². The predicted octanol–water partition coefficient (Wildman–Crippen LogP) is 3.98. The predicted molar refractivity (Wildman–Crippen MR) is 93.0 cm³/mol. The highest BCUT2D eigenvalue weighted by Gasteiger charge is 2.27. The van der Waals surface area contributed by atoms with Crippen molar-refractivity contribution in [3.05, 3.63) is 22.4 Å². The van der Waals surface area contributed by atoms with Crippen LogP contribution in [0.4, 0.5) is 20.6 Å². The second-order valence-corrected chi connectivity index (χ2v) is 7.62. The summed E-state index contributed by atoms with van der Waals surface area (Å²) in [7, 11) is 0. The van der Waals surface area contributed by atoms with Crippen LogP contribution in [-0.2, 0) is 4.74 Å². The molecule has 1 aliphatic rings. The summed E-state index contributed by atoms with van der Waals surface area (Å²) in [4.78, 5) is 13.9. The number of amides is 1. The summed E-state index contributed by atoms with van der Waals surface area (Å²) in [5, 5.41) is 3.29. The molecule has 0 aliphatic carbocycles. The van der Waals surface area contributed by atoms with Gasteiger partial charge >= 0.3 is 6.09 Å². The fourth-order valence-corrected chi connectivity index (χ4v) is 2.84. The molecule has 5 nitrogen and oxygen atoms in total. The number of hydrogen-bond acceptors (Lipinski definition) is 4. The quantitative estimate of drug-likeness (QED) is 0.752. The molecule has 0 aromatic heterocycles. The molecule has 2 rings (SSSR count). The molecule has 7 heteroatoms. The van der Waals surface area contributed by atoms with Gasteiger partial charge < -0.3 is 20.7 Å². The number of piperidine rings is 1. The highest BCUT2D eigenvalue weighted by molar-refractivity contribution is 9.10. The van der Waals surface area contributed by atoms with Gasteiger partial charge in [-0.1, -0.05) is 0 Å². The van der Waals surface area contributed by atoms with Crippen molar-refractivity contribution in [3.8, 4) is 0 Å². The molecule has 0 saturated carbocycles. The van der Waals surface area contributed by atoms with Crippen LogP contribution in [0.3, 0.4) is 0 Å². The topological polar surface area (TPSA) is 67.6 Å². The Labute approximate surface area is 144 Å². The second-order valence-electron chi connectivity index (χ2n) is 6.76. The first kappa shape index (κ1) is 17.8. The maximum absolute atomic E-state index is 13.4. The molecule has 128 valence electrons. The Hall–Kier alpha value is -1.50. The minimum atomic E-state index is -0.510. The molecule has 0 bridgehead atoms. The summed E-state index contributed by atoms with van der Waals surface area (Å²) < 4.78 is 19.2. The summed E-state index contributed by atoms with van der Waals surface area (Å²) in [5.41, 5.74) is 6.36. The molecule has 23 heavy (non-hydrogen) atoms. The molecular weight excluding hydrogens is 365 g/mol. The molecule has 0 unspecified atom stereocenters. The molecule has 1 aromatic rings. The van der Waals surface area contributed by atoms with Crippen LogP contribution in [0.2, 0.25) is 0 Å². The molecule has 0 spiro atoms. The third-order valence-electron chi connectivity index (χ3n) is 3.53. The van der Waals surface area contributed by atoms with E-state index in [4.69, 9.17) is 10.5 Å². The van der Waals surface area contributed by atoms with Gasteiger partial charge in [0.1, 0.15) is 11.4 Å². The first-order chi connectivity index (χ1) is 10.7. The SMILES string of the molecule is CC(C)(C)OC(=O)N1CCC[C@@H](Nc2cc(Br)c(F)cc2N)C1. The molecule has 1 heterocycles. The van der Waals surface area contributed by atoms with Crippen molar-refractivity contribution >= 4 is 33.4 Å². The third kappa shape index (κ3) is 4.99. The van der Waals surface area contributed by atoms with Gasteiger partial charge in [-0.15, -0.1) is 0 Å². The van der Waals surface area contributed by atoms with E-state index in [2.05, 4.69) is 21.2 Å². The van der Waals surface area contributed by atoms with Crippen molar-refractivity contribution in [3.63, 3.8) is 0 Å². The average Bonchev–Trinajstić information content (AvgIpc) is 2.43. The monoisotopic (exact) mass is 387 g/mol. The standard InChI is InChI=1S/C16H23BrFN3O2/c1-16(2,3)23-15(22)21-6-4-5-10(9-21)20-14-7-11(17)12(18)8-13(14)19/h7-8,10,20H,4-6,9,19H2,1-3H3/t10-/m1/s1. The van der Waals surface area contributed by atoms with Gasteiger partial charge in [0.15, 0.2) is 0 Å². The normalized spacial score (nSPS) is 18.7. The van der Waals surface area contributed by atoms with E-state index < -0.39 is 11.4 Å². The number of nitrogens with two attached hydrogens (primary N) is 1. The minimum Gasteiger partial charge on any atom is -0.444 e. The Balaban J connectivity index is 2.02. The van der Waals surface area contributed by atoms with E-state index in [9.17, 15) is 9.18 Å². The lowest BCUT2D eigenvalue weighted by Crippen LogP contribution is -2.47. The van der Waals surface area contributed by atoms with Crippen LogP contribution >= 0.6 is 15.9 Å². The molecular formula is C16H23BrFN3O2. The lowest BCUT2D eigenvalue weighted by atomic mass is 10.1. The number of ether oxygens (including phenoxy) is 1. The number of benzene rings is 1. The van der Waals surface area contributed by atoms with Gasteiger partial charge in [0.05, 0.1) is 15.8 Å². The van der Waals surface area contributed by atoms with Crippen LogP contribution in [0.5, 0.6) is 0 Å². The van der Waals surface area contributed by atoms with Crippen LogP contribution in [0.1, 0.15) is 33.6 Å². The third-order valence-corrected chi connectivity index (χ3v) is 4.13. The number of rotatable bonds is 2. The Kier molecular flexibility index (Phi) is 5.39. The van der Waals surface area contributed by atoms with Crippen molar-refractivity contribution in [1.29, 1.82) is 0 Å². The molecule has 1 amide bonds. The number of nitrogens with one attached hydrogen (secondary N) is 1. The molecule has 3 N–H and O–H groups in total. The lowest BCUT2D eigenvalue weighted by Gasteiger charge is -2.35. The minimum absolute atomic E-state index is 0.0518. The van der Waals surface area contributed by atoms with Crippen LogP contribution in [0, 0.1) is 5.82 Å². The number of carbonyl (C=O) groups is 1. The maximum atomic E-state index is 13.4. The highest BCUT2D eigenvalue weighted by Crippen LogP contribution is 2.28. The van der Waals surface area contributed by atoms with Gasteiger partial charge in [-0.25, -0.2) is 9.18 Å². The molecule has 1 aromatic carbocycles. The van der Waals surface area contributed by atoms with Gasteiger partial charge in [-0.05, 0) is 55.6 Å². The molecule has 1 fully saturated rings. The number of likely N-dealkylation sites (tertiary alicyclic amines) is 1. The van der Waals surface area contributed by atoms with Gasteiger partial charge in [0, 0.05) is 25.2 Å². The van der Waals surface area contributed by atoms with E-state index in [1.165, 1.54) is 6.07 Å². The number of carbonyl (C=O) groups excluding carboxylic acids is 1.